The Morgan fingerprint density at radius 1 is 1.38 bits per heavy atom. The highest BCUT2D eigenvalue weighted by Crippen LogP contribution is 2.30. The van der Waals surface area contributed by atoms with Crippen molar-refractivity contribution in [2.75, 3.05) is 20.3 Å². The van der Waals surface area contributed by atoms with Gasteiger partial charge in [0.1, 0.15) is 5.75 Å². The average Bonchev–Trinajstić information content (AvgIpc) is 2.96. The predicted molar refractivity (Wildman–Crippen MR) is 80.6 cm³/mol. The van der Waals surface area contributed by atoms with Gasteiger partial charge in [-0.15, -0.1) is 0 Å². The highest BCUT2D eigenvalue weighted by atomic mass is 16.5. The molecule has 114 valence electrons. The average molecular weight is 291 g/mol. The summed E-state index contributed by atoms with van der Waals surface area (Å²) in [6.07, 6.45) is 3.84. The predicted octanol–water partition coefficient (Wildman–Crippen LogP) is 0.128. The molecule has 6 heteroatoms. The van der Waals surface area contributed by atoms with Gasteiger partial charge >= 0.3 is 7.12 Å². The van der Waals surface area contributed by atoms with Crippen molar-refractivity contribution in [3.63, 3.8) is 0 Å². The van der Waals surface area contributed by atoms with Crippen molar-refractivity contribution < 1.29 is 19.5 Å². The maximum Gasteiger partial charge on any atom is 0.488 e. The van der Waals surface area contributed by atoms with E-state index >= 15 is 0 Å². The third kappa shape index (κ3) is 3.08. The number of benzene rings is 1. The van der Waals surface area contributed by atoms with Crippen molar-refractivity contribution in [2.45, 2.75) is 38.0 Å². The fourth-order valence-electron chi connectivity index (χ4n) is 3.52. The molecule has 2 fully saturated rings. The third-order valence-corrected chi connectivity index (χ3v) is 4.60. The molecule has 1 heterocycles. The second kappa shape index (κ2) is 6.36. The van der Waals surface area contributed by atoms with Gasteiger partial charge in [0, 0.05) is 19.1 Å². The minimum Gasteiger partial charge on any atom is -0.497 e. The van der Waals surface area contributed by atoms with Gasteiger partial charge in [0.25, 0.3) is 0 Å². The van der Waals surface area contributed by atoms with Crippen molar-refractivity contribution in [2.24, 2.45) is 0 Å². The SMILES string of the molecule is COc1ccc(B(O)O)c(CN2CCOC3CCCC32)c1. The molecule has 5 nitrogen and oxygen atoms in total. The lowest BCUT2D eigenvalue weighted by Crippen LogP contribution is -2.49. The Kier molecular flexibility index (Phi) is 4.49. The number of morpholine rings is 1. The summed E-state index contributed by atoms with van der Waals surface area (Å²) >= 11 is 0. The largest absolute Gasteiger partial charge is 0.497 e. The minimum absolute atomic E-state index is 0.340. The molecular weight excluding hydrogens is 269 g/mol. The number of hydrogen-bond acceptors (Lipinski definition) is 5. The van der Waals surface area contributed by atoms with E-state index in [0.29, 0.717) is 24.2 Å². The van der Waals surface area contributed by atoms with Gasteiger partial charge in [-0.1, -0.05) is 6.07 Å². The first-order chi connectivity index (χ1) is 10.2. The van der Waals surface area contributed by atoms with Crippen LogP contribution in [0, 0.1) is 0 Å². The van der Waals surface area contributed by atoms with Crippen LogP contribution in [0.1, 0.15) is 24.8 Å². The number of nitrogens with zero attached hydrogens (tertiary/aromatic N) is 1. The molecular formula is C15H22BNO4. The molecule has 21 heavy (non-hydrogen) atoms. The van der Waals surface area contributed by atoms with E-state index in [1.54, 1.807) is 19.2 Å². The van der Waals surface area contributed by atoms with E-state index in [1.165, 1.54) is 6.42 Å². The number of ether oxygens (including phenoxy) is 2. The van der Waals surface area contributed by atoms with Gasteiger partial charge in [-0.25, -0.2) is 0 Å². The molecule has 0 radical (unpaired) electrons. The Morgan fingerprint density at radius 2 is 2.24 bits per heavy atom. The third-order valence-electron chi connectivity index (χ3n) is 4.60. The van der Waals surface area contributed by atoms with Crippen LogP contribution in [0.5, 0.6) is 5.75 Å². The second-order valence-corrected chi connectivity index (χ2v) is 5.82. The summed E-state index contributed by atoms with van der Waals surface area (Å²) < 4.78 is 11.1. The van der Waals surface area contributed by atoms with Gasteiger partial charge in [-0.05, 0) is 42.4 Å². The Balaban J connectivity index is 1.82. The van der Waals surface area contributed by atoms with Crippen LogP contribution in [-0.2, 0) is 11.3 Å². The summed E-state index contributed by atoms with van der Waals surface area (Å²) in [5.41, 5.74) is 1.47. The van der Waals surface area contributed by atoms with Crippen LogP contribution in [0.4, 0.5) is 0 Å². The molecule has 1 saturated heterocycles. The first kappa shape index (κ1) is 14.8. The lowest BCUT2D eigenvalue weighted by Gasteiger charge is -2.38. The Hall–Kier alpha value is -1.08. The normalized spacial score (nSPS) is 25.7. The molecule has 0 spiro atoms. The van der Waals surface area contributed by atoms with Crippen LogP contribution in [0.25, 0.3) is 0 Å². The summed E-state index contributed by atoms with van der Waals surface area (Å²) in [6.45, 7) is 2.34. The van der Waals surface area contributed by atoms with E-state index in [0.717, 1.165) is 37.3 Å². The molecule has 1 aromatic carbocycles. The molecule has 3 rings (SSSR count). The molecule has 1 aromatic rings. The highest BCUT2D eigenvalue weighted by Gasteiger charge is 2.36. The Bertz CT molecular complexity index is 497. The lowest BCUT2D eigenvalue weighted by atomic mass is 9.76. The standard InChI is InChI=1S/C15H22BNO4/c1-20-12-5-6-13(16(18)19)11(9-12)10-17-7-8-21-15-4-2-3-14(15)17/h5-6,9,14-15,18-19H,2-4,7-8,10H2,1H3. The highest BCUT2D eigenvalue weighted by molar-refractivity contribution is 6.59. The van der Waals surface area contributed by atoms with Gasteiger partial charge in [-0.3, -0.25) is 4.90 Å². The van der Waals surface area contributed by atoms with E-state index in [1.807, 2.05) is 6.07 Å². The van der Waals surface area contributed by atoms with Gasteiger partial charge in [-0.2, -0.15) is 0 Å². The summed E-state index contributed by atoms with van der Waals surface area (Å²) in [5.74, 6) is 0.741. The molecule has 2 aliphatic rings. The topological polar surface area (TPSA) is 62.2 Å². The van der Waals surface area contributed by atoms with Crippen LogP contribution in [0.3, 0.4) is 0 Å². The summed E-state index contributed by atoms with van der Waals surface area (Å²) in [4.78, 5) is 2.40. The molecule has 1 aliphatic carbocycles. The van der Waals surface area contributed by atoms with Gasteiger partial charge in [0.05, 0.1) is 19.8 Å². The van der Waals surface area contributed by atoms with E-state index < -0.39 is 7.12 Å². The lowest BCUT2D eigenvalue weighted by molar-refractivity contribution is -0.0587. The molecule has 2 unspecified atom stereocenters. The first-order valence-corrected chi connectivity index (χ1v) is 7.57. The summed E-state index contributed by atoms with van der Waals surface area (Å²) in [6, 6.07) is 5.84. The van der Waals surface area contributed by atoms with Crippen molar-refractivity contribution in [3.05, 3.63) is 23.8 Å². The van der Waals surface area contributed by atoms with Crippen molar-refractivity contribution in [1.82, 2.24) is 4.90 Å². The molecule has 0 amide bonds. The van der Waals surface area contributed by atoms with Crippen LogP contribution < -0.4 is 10.2 Å². The van der Waals surface area contributed by atoms with Crippen LogP contribution in [0.2, 0.25) is 0 Å². The quantitative estimate of drug-likeness (QED) is 0.772. The minimum atomic E-state index is -1.45. The zero-order valence-electron chi connectivity index (χ0n) is 12.4. The number of methoxy groups -OCH3 is 1. The summed E-state index contributed by atoms with van der Waals surface area (Å²) in [5, 5.41) is 19.1. The van der Waals surface area contributed by atoms with Gasteiger partial charge < -0.3 is 19.5 Å². The molecule has 2 atom stereocenters. The second-order valence-electron chi connectivity index (χ2n) is 5.82. The molecule has 1 aliphatic heterocycles. The Labute approximate surface area is 125 Å². The van der Waals surface area contributed by atoms with Crippen molar-refractivity contribution in [1.29, 1.82) is 0 Å². The molecule has 2 N–H and O–H groups in total. The van der Waals surface area contributed by atoms with Crippen LogP contribution in [-0.4, -0.2) is 54.5 Å². The van der Waals surface area contributed by atoms with Gasteiger partial charge in [0.2, 0.25) is 0 Å². The van der Waals surface area contributed by atoms with E-state index in [9.17, 15) is 10.0 Å². The molecule has 0 bridgehead atoms. The van der Waals surface area contributed by atoms with E-state index in [-0.39, 0.29) is 0 Å². The summed E-state index contributed by atoms with van der Waals surface area (Å²) in [7, 11) is 0.168. The van der Waals surface area contributed by atoms with Crippen LogP contribution in [0.15, 0.2) is 18.2 Å². The fourth-order valence-corrected chi connectivity index (χ4v) is 3.52. The molecule has 1 saturated carbocycles. The molecule has 0 aromatic heterocycles. The monoisotopic (exact) mass is 291 g/mol. The Morgan fingerprint density at radius 3 is 3.00 bits per heavy atom. The van der Waals surface area contributed by atoms with Gasteiger partial charge in [0.15, 0.2) is 0 Å². The zero-order valence-corrected chi connectivity index (χ0v) is 12.4. The number of hydrogen-bond donors (Lipinski definition) is 2. The van der Waals surface area contributed by atoms with Crippen LogP contribution >= 0.6 is 0 Å². The number of fused-ring (bicyclic) bond motifs is 1. The van der Waals surface area contributed by atoms with Crippen molar-refractivity contribution in [3.8, 4) is 5.75 Å². The smallest absolute Gasteiger partial charge is 0.488 e. The maximum atomic E-state index is 9.56. The van der Waals surface area contributed by atoms with Crippen molar-refractivity contribution >= 4 is 12.6 Å². The van der Waals surface area contributed by atoms with E-state index in [2.05, 4.69) is 4.90 Å². The zero-order chi connectivity index (χ0) is 14.8. The van der Waals surface area contributed by atoms with E-state index in [4.69, 9.17) is 9.47 Å². The maximum absolute atomic E-state index is 9.56. The first-order valence-electron chi connectivity index (χ1n) is 7.57. The fraction of sp³-hybridized carbons (Fsp3) is 0.600. The number of rotatable bonds is 4.